The molecule has 0 spiro atoms. The normalized spacial score (nSPS) is 11.3. The molecule has 1 aromatic carbocycles. The Balaban J connectivity index is 2.39. The van der Waals surface area contributed by atoms with Gasteiger partial charge in [0.15, 0.2) is 0 Å². The van der Waals surface area contributed by atoms with Crippen LogP contribution in [0.5, 0.6) is 0 Å². The lowest BCUT2D eigenvalue weighted by Gasteiger charge is -2.09. The Labute approximate surface area is 129 Å². The van der Waals surface area contributed by atoms with Crippen molar-refractivity contribution in [2.75, 3.05) is 6.61 Å². The van der Waals surface area contributed by atoms with E-state index in [1.807, 2.05) is 0 Å². The Morgan fingerprint density at radius 1 is 1.27 bits per heavy atom. The average molecular weight is 330 g/mol. The van der Waals surface area contributed by atoms with Crippen LogP contribution in [0.1, 0.15) is 22.8 Å². The number of nitrogens with zero attached hydrogens (tertiary/aromatic N) is 1. The van der Waals surface area contributed by atoms with E-state index in [4.69, 9.17) is 16.3 Å². The second-order valence-electron chi connectivity index (χ2n) is 4.36. The summed E-state index contributed by atoms with van der Waals surface area (Å²) >= 11 is 5.96. The summed E-state index contributed by atoms with van der Waals surface area (Å²) in [5, 5.41) is 0.0906. The van der Waals surface area contributed by atoms with Crippen LogP contribution in [0.25, 0.3) is 11.1 Å². The number of rotatable bonds is 3. The zero-order chi connectivity index (χ0) is 16.3. The minimum Gasteiger partial charge on any atom is -0.462 e. The first kappa shape index (κ1) is 16.3. The fourth-order valence-corrected chi connectivity index (χ4v) is 2.03. The number of hydrogen-bond donors (Lipinski definition) is 0. The fraction of sp³-hybridized carbons (Fsp3) is 0.200. The second kappa shape index (κ2) is 6.36. The van der Waals surface area contributed by atoms with E-state index in [-0.39, 0.29) is 17.3 Å². The van der Waals surface area contributed by atoms with Crippen molar-refractivity contribution in [3.63, 3.8) is 0 Å². The van der Waals surface area contributed by atoms with Gasteiger partial charge in [-0.3, -0.25) is 0 Å². The Morgan fingerprint density at radius 3 is 2.45 bits per heavy atom. The van der Waals surface area contributed by atoms with Crippen LogP contribution in [0.2, 0.25) is 5.15 Å². The molecule has 0 amide bonds. The van der Waals surface area contributed by atoms with Crippen molar-refractivity contribution in [2.45, 2.75) is 13.1 Å². The second-order valence-corrected chi connectivity index (χ2v) is 4.72. The molecule has 0 aliphatic rings. The van der Waals surface area contributed by atoms with Gasteiger partial charge in [-0.25, -0.2) is 9.78 Å². The molecule has 0 unspecified atom stereocenters. The Kier molecular flexibility index (Phi) is 4.71. The summed E-state index contributed by atoms with van der Waals surface area (Å²) in [6.45, 7) is 1.87. The summed E-state index contributed by atoms with van der Waals surface area (Å²) in [5.41, 5.74) is 0.209. The molecule has 0 N–H and O–H groups in total. The van der Waals surface area contributed by atoms with E-state index in [9.17, 15) is 18.0 Å². The first-order valence-electron chi connectivity index (χ1n) is 6.33. The predicted octanol–water partition coefficient (Wildman–Crippen LogP) is 4.60. The molecule has 0 radical (unpaired) electrons. The SMILES string of the molecule is CCOC(=O)c1cnc(Cl)c(-c2ccc(C(F)(F)F)cc2)c1. The van der Waals surface area contributed by atoms with Crippen LogP contribution in [0.3, 0.4) is 0 Å². The van der Waals surface area contributed by atoms with Gasteiger partial charge in [-0.1, -0.05) is 23.7 Å². The molecular formula is C15H11ClF3NO2. The molecule has 3 nitrogen and oxygen atoms in total. The van der Waals surface area contributed by atoms with Crippen molar-refractivity contribution >= 4 is 17.6 Å². The van der Waals surface area contributed by atoms with Crippen molar-refractivity contribution in [1.29, 1.82) is 0 Å². The van der Waals surface area contributed by atoms with Crippen molar-refractivity contribution in [3.8, 4) is 11.1 Å². The quantitative estimate of drug-likeness (QED) is 0.610. The van der Waals surface area contributed by atoms with E-state index in [2.05, 4.69) is 4.98 Å². The summed E-state index contributed by atoms with van der Waals surface area (Å²) in [6, 6.07) is 5.89. The molecule has 1 aromatic heterocycles. The summed E-state index contributed by atoms with van der Waals surface area (Å²) in [4.78, 5) is 15.5. The van der Waals surface area contributed by atoms with Crippen molar-refractivity contribution in [3.05, 3.63) is 52.8 Å². The Hall–Kier alpha value is -2.08. The number of halogens is 4. The molecule has 0 saturated carbocycles. The first-order valence-corrected chi connectivity index (χ1v) is 6.71. The molecule has 0 saturated heterocycles. The molecule has 1 heterocycles. The third-order valence-corrected chi connectivity index (χ3v) is 3.17. The smallest absolute Gasteiger partial charge is 0.416 e. The van der Waals surface area contributed by atoms with E-state index >= 15 is 0 Å². The summed E-state index contributed by atoms with van der Waals surface area (Å²) in [5.74, 6) is -0.570. The van der Waals surface area contributed by atoms with Crippen LogP contribution in [0, 0.1) is 0 Å². The summed E-state index contributed by atoms with van der Waals surface area (Å²) in [6.07, 6.45) is -3.15. The number of alkyl halides is 3. The topological polar surface area (TPSA) is 39.2 Å². The number of hydrogen-bond acceptors (Lipinski definition) is 3. The molecule has 2 rings (SSSR count). The van der Waals surface area contributed by atoms with Gasteiger partial charge >= 0.3 is 12.1 Å². The zero-order valence-electron chi connectivity index (χ0n) is 11.4. The maximum atomic E-state index is 12.6. The largest absolute Gasteiger partial charge is 0.462 e. The molecule has 116 valence electrons. The van der Waals surface area contributed by atoms with Crippen LogP contribution < -0.4 is 0 Å². The minimum atomic E-state index is -4.41. The van der Waals surface area contributed by atoms with Gasteiger partial charge in [-0.2, -0.15) is 13.2 Å². The number of ether oxygens (including phenoxy) is 1. The van der Waals surface area contributed by atoms with Gasteiger partial charge in [-0.15, -0.1) is 0 Å². The lowest BCUT2D eigenvalue weighted by Crippen LogP contribution is -2.06. The fourth-order valence-electron chi connectivity index (χ4n) is 1.82. The highest BCUT2D eigenvalue weighted by atomic mass is 35.5. The zero-order valence-corrected chi connectivity index (χ0v) is 12.2. The molecule has 0 bridgehead atoms. The lowest BCUT2D eigenvalue weighted by atomic mass is 10.0. The van der Waals surface area contributed by atoms with Crippen LogP contribution in [-0.4, -0.2) is 17.6 Å². The van der Waals surface area contributed by atoms with Gasteiger partial charge < -0.3 is 4.74 Å². The van der Waals surface area contributed by atoms with E-state index in [1.165, 1.54) is 24.4 Å². The summed E-state index contributed by atoms with van der Waals surface area (Å²) in [7, 11) is 0. The van der Waals surface area contributed by atoms with Crippen LogP contribution in [0.15, 0.2) is 36.5 Å². The van der Waals surface area contributed by atoms with Gasteiger partial charge in [0.1, 0.15) is 5.15 Å². The number of esters is 1. The van der Waals surface area contributed by atoms with Gasteiger partial charge in [0.25, 0.3) is 0 Å². The molecule has 22 heavy (non-hydrogen) atoms. The highest BCUT2D eigenvalue weighted by Gasteiger charge is 2.30. The third kappa shape index (κ3) is 3.57. The average Bonchev–Trinajstić information content (AvgIpc) is 2.47. The van der Waals surface area contributed by atoms with Crippen LogP contribution >= 0.6 is 11.6 Å². The van der Waals surface area contributed by atoms with Crippen LogP contribution in [0.4, 0.5) is 13.2 Å². The third-order valence-electron chi connectivity index (χ3n) is 2.87. The van der Waals surface area contributed by atoms with Gasteiger partial charge in [0.2, 0.25) is 0 Å². The Morgan fingerprint density at radius 2 is 1.91 bits per heavy atom. The summed E-state index contributed by atoms with van der Waals surface area (Å²) < 4.78 is 42.5. The maximum Gasteiger partial charge on any atom is 0.416 e. The molecular weight excluding hydrogens is 319 g/mol. The standard InChI is InChI=1S/C15H11ClF3NO2/c1-2-22-14(21)10-7-12(13(16)20-8-10)9-3-5-11(6-4-9)15(17,18)19/h3-8H,2H2,1H3. The Bertz CT molecular complexity index is 684. The first-order chi connectivity index (χ1) is 10.3. The number of pyridine rings is 1. The molecule has 0 aliphatic carbocycles. The highest BCUT2D eigenvalue weighted by Crippen LogP contribution is 2.32. The van der Waals surface area contributed by atoms with E-state index in [0.717, 1.165) is 12.1 Å². The molecule has 0 fully saturated rings. The van der Waals surface area contributed by atoms with Gasteiger partial charge in [-0.05, 0) is 30.7 Å². The monoisotopic (exact) mass is 329 g/mol. The van der Waals surface area contributed by atoms with Gasteiger partial charge in [0, 0.05) is 11.8 Å². The minimum absolute atomic E-state index is 0.0906. The van der Waals surface area contributed by atoms with Crippen LogP contribution in [-0.2, 0) is 10.9 Å². The van der Waals surface area contributed by atoms with Crippen molar-refractivity contribution < 1.29 is 22.7 Å². The van der Waals surface area contributed by atoms with E-state index in [1.54, 1.807) is 6.92 Å². The lowest BCUT2D eigenvalue weighted by molar-refractivity contribution is -0.137. The molecule has 7 heteroatoms. The maximum absolute atomic E-state index is 12.6. The van der Waals surface area contributed by atoms with E-state index in [0.29, 0.717) is 11.1 Å². The van der Waals surface area contributed by atoms with Crippen molar-refractivity contribution in [2.24, 2.45) is 0 Å². The molecule has 2 aromatic rings. The molecule has 0 aliphatic heterocycles. The van der Waals surface area contributed by atoms with E-state index < -0.39 is 17.7 Å². The molecule has 0 atom stereocenters. The highest BCUT2D eigenvalue weighted by molar-refractivity contribution is 6.32. The number of benzene rings is 1. The number of carbonyl (C=O) groups excluding carboxylic acids is 1. The number of aromatic nitrogens is 1. The number of carbonyl (C=O) groups is 1. The van der Waals surface area contributed by atoms with Gasteiger partial charge in [0.05, 0.1) is 17.7 Å². The van der Waals surface area contributed by atoms with Crippen molar-refractivity contribution in [1.82, 2.24) is 4.98 Å². The predicted molar refractivity (Wildman–Crippen MR) is 75.6 cm³/mol.